The van der Waals surface area contributed by atoms with E-state index in [1.54, 1.807) is 0 Å². The SMILES string of the molecule is CC(C)[Si](O[C@H]1C=C(B2OC(C)(C)C(C)(C)O2)O[C@@H]2CO[Si](C)(C)OC12)(C(C)C)C(C)C. The highest BCUT2D eigenvalue weighted by molar-refractivity contribution is 6.77. The van der Waals surface area contributed by atoms with Crippen molar-refractivity contribution in [3.63, 3.8) is 0 Å². The van der Waals surface area contributed by atoms with Crippen LogP contribution in [0.2, 0.25) is 29.7 Å². The first-order valence-corrected chi connectivity index (χ1v) is 17.2. The van der Waals surface area contributed by atoms with Crippen LogP contribution in [-0.4, -0.2) is 60.1 Å². The molecule has 3 heterocycles. The number of fused-ring (bicyclic) bond motifs is 1. The van der Waals surface area contributed by atoms with Crippen molar-refractivity contribution in [2.75, 3.05) is 6.61 Å². The van der Waals surface area contributed by atoms with Crippen LogP contribution in [0.1, 0.15) is 69.2 Å². The van der Waals surface area contributed by atoms with Gasteiger partial charge in [0.1, 0.15) is 17.9 Å². The molecule has 0 aliphatic carbocycles. The van der Waals surface area contributed by atoms with Crippen LogP contribution in [0.5, 0.6) is 0 Å². The first-order valence-electron chi connectivity index (χ1n) is 12.3. The maximum Gasteiger partial charge on any atom is 0.531 e. The van der Waals surface area contributed by atoms with E-state index in [4.69, 9.17) is 27.3 Å². The molecule has 0 amide bonds. The Bertz CT molecular complexity index is 684. The molecule has 3 aliphatic heterocycles. The molecule has 32 heavy (non-hydrogen) atoms. The molecule has 0 bridgehead atoms. The summed E-state index contributed by atoms with van der Waals surface area (Å²) >= 11 is 0. The summed E-state index contributed by atoms with van der Waals surface area (Å²) in [5.41, 5.74) is 1.24. The highest BCUT2D eigenvalue weighted by atomic mass is 28.4. The molecule has 0 aromatic heterocycles. The third-order valence-corrected chi connectivity index (χ3v) is 15.7. The quantitative estimate of drug-likeness (QED) is 0.459. The largest absolute Gasteiger partial charge is 0.531 e. The van der Waals surface area contributed by atoms with Gasteiger partial charge in [-0.25, -0.2) is 0 Å². The maximum absolute atomic E-state index is 7.23. The van der Waals surface area contributed by atoms with Crippen LogP contribution in [-0.2, 0) is 27.3 Å². The van der Waals surface area contributed by atoms with Crippen molar-refractivity contribution in [3.8, 4) is 0 Å². The van der Waals surface area contributed by atoms with Crippen molar-refractivity contribution in [1.29, 1.82) is 0 Å². The molecule has 0 N–H and O–H groups in total. The zero-order valence-corrected chi connectivity index (χ0v) is 24.3. The zero-order valence-electron chi connectivity index (χ0n) is 22.3. The van der Waals surface area contributed by atoms with Gasteiger partial charge in [-0.3, -0.25) is 0 Å². The van der Waals surface area contributed by atoms with E-state index < -0.39 is 35.2 Å². The average molecular weight is 485 g/mol. The van der Waals surface area contributed by atoms with Crippen molar-refractivity contribution >= 4 is 24.0 Å². The Kier molecular flexibility index (Phi) is 7.28. The average Bonchev–Trinajstić information content (AvgIpc) is 2.85. The molecular weight excluding hydrogens is 439 g/mol. The maximum atomic E-state index is 7.23. The Morgan fingerprint density at radius 3 is 1.94 bits per heavy atom. The normalized spacial score (nSPS) is 31.7. The van der Waals surface area contributed by atoms with Crippen LogP contribution in [0.25, 0.3) is 0 Å². The van der Waals surface area contributed by atoms with E-state index in [1.165, 1.54) is 0 Å². The van der Waals surface area contributed by atoms with Gasteiger partial charge in [-0.15, -0.1) is 0 Å². The van der Waals surface area contributed by atoms with Crippen LogP contribution in [0.3, 0.4) is 0 Å². The lowest BCUT2D eigenvalue weighted by Crippen LogP contribution is -2.62. The minimum absolute atomic E-state index is 0.181. The van der Waals surface area contributed by atoms with Crippen LogP contribution in [0.4, 0.5) is 0 Å². The molecule has 3 rings (SSSR count). The third-order valence-electron chi connectivity index (χ3n) is 7.85. The molecule has 1 unspecified atom stereocenters. The van der Waals surface area contributed by atoms with Crippen LogP contribution in [0.15, 0.2) is 11.7 Å². The standard InChI is InChI=1S/C23H45BO6Si2/c1-15(2)32(16(3)4,17(5)6)27-18-13-20(24-29-22(7,8)23(9,10)30-24)26-19-14-25-31(11,12)28-21(18)19/h13,15-19,21H,14H2,1-12H3/t18-,19+,21?/m0/s1. The molecule has 2 fully saturated rings. The molecule has 2 saturated heterocycles. The van der Waals surface area contributed by atoms with E-state index in [0.717, 1.165) is 0 Å². The molecule has 3 aliphatic rings. The topological polar surface area (TPSA) is 55.4 Å². The summed E-state index contributed by atoms with van der Waals surface area (Å²) in [6.45, 7) is 26.8. The Balaban J connectivity index is 2.00. The molecule has 9 heteroatoms. The first-order chi connectivity index (χ1) is 14.5. The Morgan fingerprint density at radius 2 is 1.47 bits per heavy atom. The predicted molar refractivity (Wildman–Crippen MR) is 133 cm³/mol. The summed E-state index contributed by atoms with van der Waals surface area (Å²) in [6, 6.07) is 0. The van der Waals surface area contributed by atoms with E-state index in [0.29, 0.717) is 28.9 Å². The van der Waals surface area contributed by atoms with Crippen LogP contribution in [0, 0.1) is 0 Å². The fourth-order valence-electron chi connectivity index (χ4n) is 5.50. The summed E-state index contributed by atoms with van der Waals surface area (Å²) in [7, 11) is -4.95. The van der Waals surface area contributed by atoms with Gasteiger partial charge in [0.2, 0.25) is 8.32 Å². The number of hydrogen-bond donors (Lipinski definition) is 0. The Hall–Kier alpha value is -0.161. The summed E-state index contributed by atoms with van der Waals surface area (Å²) in [5.74, 6) is 0. The number of ether oxygens (including phenoxy) is 1. The minimum Gasteiger partial charge on any atom is -0.493 e. The van der Waals surface area contributed by atoms with Crippen LogP contribution < -0.4 is 0 Å². The second-order valence-electron chi connectivity index (χ2n) is 12.0. The summed E-state index contributed by atoms with van der Waals surface area (Å²) in [5, 5.41) is 0. The van der Waals surface area contributed by atoms with Gasteiger partial charge in [-0.05, 0) is 63.5 Å². The van der Waals surface area contributed by atoms with Crippen molar-refractivity contribution in [2.45, 2.75) is 128 Å². The van der Waals surface area contributed by atoms with E-state index in [-0.39, 0.29) is 18.3 Å². The smallest absolute Gasteiger partial charge is 0.493 e. The van der Waals surface area contributed by atoms with E-state index >= 15 is 0 Å². The van der Waals surface area contributed by atoms with Gasteiger partial charge in [0.15, 0.2) is 0 Å². The lowest BCUT2D eigenvalue weighted by molar-refractivity contribution is -0.113. The van der Waals surface area contributed by atoms with E-state index in [9.17, 15) is 0 Å². The van der Waals surface area contributed by atoms with Gasteiger partial charge in [0.25, 0.3) is 0 Å². The monoisotopic (exact) mass is 484 g/mol. The van der Waals surface area contributed by atoms with Gasteiger partial charge in [0.05, 0.1) is 23.9 Å². The van der Waals surface area contributed by atoms with Crippen molar-refractivity contribution in [3.05, 3.63) is 11.7 Å². The van der Waals surface area contributed by atoms with Gasteiger partial charge in [-0.1, -0.05) is 41.5 Å². The summed E-state index contributed by atoms with van der Waals surface area (Å²) in [4.78, 5) is 0. The van der Waals surface area contributed by atoms with Gasteiger partial charge < -0.3 is 27.3 Å². The molecule has 0 radical (unpaired) electrons. The third kappa shape index (κ3) is 4.68. The second kappa shape index (κ2) is 8.81. The van der Waals surface area contributed by atoms with Crippen molar-refractivity contribution < 1.29 is 27.3 Å². The first kappa shape index (κ1) is 26.4. The van der Waals surface area contributed by atoms with Crippen LogP contribution >= 0.6 is 0 Å². The zero-order chi connectivity index (χ0) is 24.3. The highest BCUT2D eigenvalue weighted by Gasteiger charge is 2.57. The second-order valence-corrected chi connectivity index (χ2v) is 20.7. The molecule has 0 saturated carbocycles. The molecular formula is C23H45BO6Si2. The predicted octanol–water partition coefficient (Wildman–Crippen LogP) is 5.58. The molecule has 184 valence electrons. The number of rotatable bonds is 6. The molecule has 0 spiro atoms. The molecule has 6 nitrogen and oxygen atoms in total. The van der Waals surface area contributed by atoms with Gasteiger partial charge in [0, 0.05) is 0 Å². The Morgan fingerprint density at radius 1 is 0.969 bits per heavy atom. The van der Waals surface area contributed by atoms with Gasteiger partial charge in [-0.2, -0.15) is 0 Å². The lowest BCUT2D eigenvalue weighted by atomic mass is 9.83. The number of hydrogen-bond acceptors (Lipinski definition) is 6. The lowest BCUT2D eigenvalue weighted by Gasteiger charge is -2.50. The van der Waals surface area contributed by atoms with Gasteiger partial charge >= 0.3 is 15.7 Å². The van der Waals surface area contributed by atoms with Crippen molar-refractivity contribution in [2.24, 2.45) is 0 Å². The Labute approximate surface area is 198 Å². The van der Waals surface area contributed by atoms with Crippen molar-refractivity contribution in [1.82, 2.24) is 0 Å². The summed E-state index contributed by atoms with van der Waals surface area (Å²) in [6.07, 6.45) is 1.45. The summed E-state index contributed by atoms with van der Waals surface area (Å²) < 4.78 is 38.9. The minimum atomic E-state index is -2.23. The molecule has 3 atom stereocenters. The van der Waals surface area contributed by atoms with E-state index in [2.05, 4.69) is 88.4 Å². The fourth-order valence-corrected chi connectivity index (χ4v) is 12.6. The highest BCUT2D eigenvalue weighted by Crippen LogP contribution is 2.46. The van der Waals surface area contributed by atoms with E-state index in [1.807, 2.05) is 0 Å². The molecule has 0 aromatic rings. The fraction of sp³-hybridized carbons (Fsp3) is 0.913. The molecule has 0 aromatic carbocycles.